The van der Waals surface area contributed by atoms with Crippen LogP contribution in [0.3, 0.4) is 0 Å². The lowest BCUT2D eigenvalue weighted by Crippen LogP contribution is -2.39. The molecule has 1 unspecified atom stereocenters. The highest BCUT2D eigenvalue weighted by Gasteiger charge is 2.18. The zero-order valence-electron chi connectivity index (χ0n) is 15.9. The normalized spacial score (nSPS) is 11.9. The molecule has 1 atom stereocenters. The largest absolute Gasteiger partial charge is 0.480 e. The topological polar surface area (TPSA) is 38.3 Å². The van der Waals surface area contributed by atoms with Crippen LogP contribution < -0.4 is 10.1 Å². The van der Waals surface area contributed by atoms with Gasteiger partial charge in [-0.25, -0.2) is 4.39 Å². The monoisotopic (exact) mass is 397 g/mol. The SMILES string of the molecule is CCC(Oc1cccc2ccccc12)C(=O)NCCSCc1ccccc1F. The molecule has 0 heterocycles. The van der Waals surface area contributed by atoms with E-state index in [2.05, 4.69) is 5.32 Å². The van der Waals surface area contributed by atoms with Gasteiger partial charge in [0, 0.05) is 23.4 Å². The lowest BCUT2D eigenvalue weighted by atomic mass is 10.1. The molecule has 0 aliphatic heterocycles. The molecule has 1 amide bonds. The van der Waals surface area contributed by atoms with Crippen molar-refractivity contribution in [1.29, 1.82) is 0 Å². The van der Waals surface area contributed by atoms with Crippen LogP contribution >= 0.6 is 11.8 Å². The number of amides is 1. The number of carbonyl (C=O) groups is 1. The van der Waals surface area contributed by atoms with E-state index in [1.165, 1.54) is 6.07 Å². The van der Waals surface area contributed by atoms with E-state index in [1.54, 1.807) is 23.9 Å². The lowest BCUT2D eigenvalue weighted by Gasteiger charge is -2.18. The molecule has 3 aromatic carbocycles. The van der Waals surface area contributed by atoms with Crippen LogP contribution in [0.4, 0.5) is 4.39 Å². The van der Waals surface area contributed by atoms with Gasteiger partial charge >= 0.3 is 0 Å². The average Bonchev–Trinajstić information content (AvgIpc) is 2.73. The van der Waals surface area contributed by atoms with E-state index in [1.807, 2.05) is 55.5 Å². The maximum Gasteiger partial charge on any atom is 0.261 e. The summed E-state index contributed by atoms with van der Waals surface area (Å²) < 4.78 is 19.6. The molecule has 0 bridgehead atoms. The standard InChI is InChI=1S/C23H24FNO2S/c1-2-21(27-22-13-7-10-17-8-3-5-11-19(17)22)23(26)25-14-15-28-16-18-9-4-6-12-20(18)24/h3-13,21H,2,14-16H2,1H3,(H,25,26). The van der Waals surface area contributed by atoms with Crippen LogP contribution in [0, 0.1) is 5.82 Å². The fraction of sp³-hybridized carbons (Fsp3) is 0.261. The molecule has 146 valence electrons. The molecule has 0 aliphatic rings. The minimum atomic E-state index is -0.539. The summed E-state index contributed by atoms with van der Waals surface area (Å²) in [6, 6.07) is 20.6. The summed E-state index contributed by atoms with van der Waals surface area (Å²) in [5.74, 6) is 1.71. The molecular weight excluding hydrogens is 373 g/mol. The third kappa shape index (κ3) is 5.26. The fourth-order valence-electron chi connectivity index (χ4n) is 2.93. The Morgan fingerprint density at radius 2 is 1.82 bits per heavy atom. The number of rotatable bonds is 9. The highest BCUT2D eigenvalue weighted by Crippen LogP contribution is 2.26. The van der Waals surface area contributed by atoms with Crippen molar-refractivity contribution >= 4 is 28.4 Å². The predicted octanol–water partition coefficient (Wildman–Crippen LogP) is 5.19. The van der Waals surface area contributed by atoms with Gasteiger partial charge in [-0.1, -0.05) is 61.5 Å². The number of hydrogen-bond acceptors (Lipinski definition) is 3. The number of thioether (sulfide) groups is 1. The van der Waals surface area contributed by atoms with Gasteiger partial charge in [-0.3, -0.25) is 4.79 Å². The van der Waals surface area contributed by atoms with E-state index in [4.69, 9.17) is 4.74 Å². The highest BCUT2D eigenvalue weighted by atomic mass is 32.2. The van der Waals surface area contributed by atoms with Crippen LogP contribution in [0.2, 0.25) is 0 Å². The zero-order chi connectivity index (χ0) is 19.8. The van der Waals surface area contributed by atoms with Crippen molar-refractivity contribution in [2.45, 2.75) is 25.2 Å². The molecular formula is C23H24FNO2S. The minimum Gasteiger partial charge on any atom is -0.480 e. The Bertz CT molecular complexity index is 926. The summed E-state index contributed by atoms with van der Waals surface area (Å²) in [7, 11) is 0. The Balaban J connectivity index is 1.49. The van der Waals surface area contributed by atoms with E-state index in [0.29, 0.717) is 35.8 Å². The third-order valence-electron chi connectivity index (χ3n) is 4.44. The summed E-state index contributed by atoms with van der Waals surface area (Å²) in [6.45, 7) is 2.45. The van der Waals surface area contributed by atoms with Gasteiger partial charge in [-0.2, -0.15) is 11.8 Å². The number of fused-ring (bicyclic) bond motifs is 1. The quantitative estimate of drug-likeness (QED) is 0.505. The Kier molecular flexibility index (Phi) is 7.31. The van der Waals surface area contributed by atoms with Crippen LogP contribution in [0.25, 0.3) is 10.8 Å². The van der Waals surface area contributed by atoms with Crippen molar-refractivity contribution in [3.63, 3.8) is 0 Å². The zero-order valence-corrected chi connectivity index (χ0v) is 16.7. The van der Waals surface area contributed by atoms with Crippen LogP contribution in [0.5, 0.6) is 5.75 Å². The second-order valence-electron chi connectivity index (χ2n) is 6.43. The second-order valence-corrected chi connectivity index (χ2v) is 7.53. The van der Waals surface area contributed by atoms with Gasteiger partial charge < -0.3 is 10.1 Å². The molecule has 1 N–H and O–H groups in total. The molecule has 0 aliphatic carbocycles. The van der Waals surface area contributed by atoms with Gasteiger partial charge in [0.25, 0.3) is 5.91 Å². The van der Waals surface area contributed by atoms with Gasteiger partial charge in [0.15, 0.2) is 6.10 Å². The van der Waals surface area contributed by atoms with Crippen LogP contribution in [0.15, 0.2) is 66.7 Å². The number of benzene rings is 3. The molecule has 28 heavy (non-hydrogen) atoms. The van der Waals surface area contributed by atoms with E-state index in [0.717, 1.165) is 10.8 Å². The number of ether oxygens (including phenoxy) is 1. The fourth-order valence-corrected chi connectivity index (χ4v) is 3.78. The Hall–Kier alpha value is -2.53. The average molecular weight is 398 g/mol. The maximum absolute atomic E-state index is 13.6. The van der Waals surface area contributed by atoms with Gasteiger partial charge in [0.1, 0.15) is 11.6 Å². The summed E-state index contributed by atoms with van der Waals surface area (Å²) >= 11 is 1.59. The van der Waals surface area contributed by atoms with Crippen LogP contribution in [0.1, 0.15) is 18.9 Å². The molecule has 0 saturated heterocycles. The Morgan fingerprint density at radius 1 is 1.07 bits per heavy atom. The summed E-state index contributed by atoms with van der Waals surface area (Å²) in [4.78, 5) is 12.5. The van der Waals surface area contributed by atoms with Gasteiger partial charge in [0.05, 0.1) is 0 Å². The minimum absolute atomic E-state index is 0.123. The van der Waals surface area contributed by atoms with Crippen molar-refractivity contribution in [2.24, 2.45) is 0 Å². The molecule has 0 saturated carbocycles. The third-order valence-corrected chi connectivity index (χ3v) is 5.45. The van der Waals surface area contributed by atoms with E-state index in [-0.39, 0.29) is 11.7 Å². The first-order valence-corrected chi connectivity index (χ1v) is 10.6. The first kappa shape index (κ1) is 20.2. The van der Waals surface area contributed by atoms with Crippen LogP contribution in [-0.2, 0) is 10.5 Å². The number of carbonyl (C=O) groups excluding carboxylic acids is 1. The number of halogens is 1. The molecule has 3 aromatic rings. The van der Waals surface area contributed by atoms with Crippen molar-refractivity contribution < 1.29 is 13.9 Å². The summed E-state index contributed by atoms with van der Waals surface area (Å²) in [5.41, 5.74) is 0.685. The molecule has 0 spiro atoms. The van der Waals surface area contributed by atoms with E-state index < -0.39 is 6.10 Å². The maximum atomic E-state index is 13.6. The molecule has 0 fully saturated rings. The van der Waals surface area contributed by atoms with E-state index >= 15 is 0 Å². The lowest BCUT2D eigenvalue weighted by molar-refractivity contribution is -0.127. The summed E-state index contributed by atoms with van der Waals surface area (Å²) in [5, 5.41) is 5.00. The van der Waals surface area contributed by atoms with E-state index in [9.17, 15) is 9.18 Å². The van der Waals surface area contributed by atoms with Crippen molar-refractivity contribution in [3.05, 3.63) is 78.1 Å². The smallest absolute Gasteiger partial charge is 0.261 e. The van der Waals surface area contributed by atoms with Gasteiger partial charge in [0.2, 0.25) is 0 Å². The Morgan fingerprint density at radius 3 is 2.64 bits per heavy atom. The number of hydrogen-bond donors (Lipinski definition) is 1. The Labute approximate surface area is 169 Å². The van der Waals surface area contributed by atoms with Gasteiger partial charge in [-0.15, -0.1) is 0 Å². The van der Waals surface area contributed by atoms with Crippen molar-refractivity contribution in [2.75, 3.05) is 12.3 Å². The molecule has 0 aromatic heterocycles. The van der Waals surface area contributed by atoms with Crippen molar-refractivity contribution in [1.82, 2.24) is 5.32 Å². The second kappa shape index (κ2) is 10.1. The van der Waals surface area contributed by atoms with Crippen LogP contribution in [-0.4, -0.2) is 24.3 Å². The summed E-state index contributed by atoms with van der Waals surface area (Å²) in [6.07, 6.45) is 0.0413. The molecule has 3 nitrogen and oxygen atoms in total. The molecule has 3 rings (SSSR count). The number of nitrogens with one attached hydrogen (secondary N) is 1. The highest BCUT2D eigenvalue weighted by molar-refractivity contribution is 7.98. The molecule has 0 radical (unpaired) electrons. The van der Waals surface area contributed by atoms with Gasteiger partial charge in [-0.05, 0) is 29.5 Å². The first-order chi connectivity index (χ1) is 13.7. The first-order valence-electron chi connectivity index (χ1n) is 9.42. The predicted molar refractivity (Wildman–Crippen MR) is 114 cm³/mol. The van der Waals surface area contributed by atoms with Crippen molar-refractivity contribution in [3.8, 4) is 5.75 Å². The molecule has 5 heteroatoms.